The van der Waals surface area contributed by atoms with Crippen molar-refractivity contribution in [2.24, 2.45) is 10.9 Å². The highest BCUT2D eigenvalue weighted by Crippen LogP contribution is 2.26. The zero-order chi connectivity index (χ0) is 12.4. The normalized spacial score (nSPS) is 24.9. The topological polar surface area (TPSA) is 58.5 Å². The first kappa shape index (κ1) is 11.8. The summed E-state index contributed by atoms with van der Waals surface area (Å²) in [4.78, 5) is 26.2. The van der Waals surface area contributed by atoms with E-state index in [2.05, 4.69) is 10.3 Å². The standard InChI is InChI=1S/C12H11ClN2O2/c1-7-4-11(16)15-10-5-8(2-3-9(7)10)14-12(17)6-13/h2-5,9H,6H2,1H3,(H,15,16). The molecule has 1 atom stereocenters. The number of carbonyl (C=O) groups is 2. The summed E-state index contributed by atoms with van der Waals surface area (Å²) in [6, 6.07) is 0. The maximum Gasteiger partial charge on any atom is 0.261 e. The first-order valence-electron chi connectivity index (χ1n) is 5.16. The number of hydrogen-bond acceptors (Lipinski definition) is 2. The fourth-order valence-corrected chi connectivity index (χ4v) is 1.88. The molecule has 1 aliphatic carbocycles. The molecule has 0 spiro atoms. The van der Waals surface area contributed by atoms with Crippen molar-refractivity contribution in [2.45, 2.75) is 6.92 Å². The number of carbonyl (C=O) groups excluding carboxylic acids is 2. The quantitative estimate of drug-likeness (QED) is 0.714. The molecule has 2 aliphatic rings. The molecule has 0 aromatic heterocycles. The highest BCUT2D eigenvalue weighted by molar-refractivity contribution is 6.28. The molecule has 5 heteroatoms. The van der Waals surface area contributed by atoms with Gasteiger partial charge < -0.3 is 5.32 Å². The second kappa shape index (κ2) is 4.67. The van der Waals surface area contributed by atoms with E-state index in [0.29, 0.717) is 5.71 Å². The van der Waals surface area contributed by atoms with E-state index in [1.54, 1.807) is 18.2 Å². The van der Waals surface area contributed by atoms with E-state index in [1.165, 1.54) is 0 Å². The van der Waals surface area contributed by atoms with Gasteiger partial charge in [-0.2, -0.15) is 0 Å². The van der Waals surface area contributed by atoms with Crippen LogP contribution in [0.5, 0.6) is 0 Å². The number of alkyl halides is 1. The number of hydrogen-bond donors (Lipinski definition) is 1. The summed E-state index contributed by atoms with van der Waals surface area (Å²) in [7, 11) is 0. The molecule has 2 amide bonds. The van der Waals surface area contributed by atoms with E-state index >= 15 is 0 Å². The third-order valence-corrected chi connectivity index (χ3v) is 2.81. The van der Waals surface area contributed by atoms with Crippen molar-refractivity contribution in [1.29, 1.82) is 0 Å². The fraction of sp³-hybridized carbons (Fsp3) is 0.250. The minimum atomic E-state index is -0.393. The van der Waals surface area contributed by atoms with Crippen LogP contribution >= 0.6 is 11.6 Å². The SMILES string of the molecule is CC1=CC(=O)NC2=CC(=NC(=O)CCl)C=CC12. The number of nitrogens with zero attached hydrogens (tertiary/aromatic N) is 1. The van der Waals surface area contributed by atoms with Crippen LogP contribution in [0.25, 0.3) is 0 Å². The Morgan fingerprint density at radius 1 is 1.53 bits per heavy atom. The van der Waals surface area contributed by atoms with E-state index in [4.69, 9.17) is 11.6 Å². The largest absolute Gasteiger partial charge is 0.325 e. The van der Waals surface area contributed by atoms with E-state index in [1.807, 2.05) is 13.0 Å². The smallest absolute Gasteiger partial charge is 0.261 e. The molecule has 1 heterocycles. The molecule has 0 radical (unpaired) electrons. The van der Waals surface area contributed by atoms with Gasteiger partial charge in [-0.3, -0.25) is 9.59 Å². The van der Waals surface area contributed by atoms with Crippen LogP contribution in [-0.4, -0.2) is 23.4 Å². The lowest BCUT2D eigenvalue weighted by Gasteiger charge is -2.25. The summed E-state index contributed by atoms with van der Waals surface area (Å²) in [5.74, 6) is -0.619. The molecule has 1 aliphatic heterocycles. The average molecular weight is 251 g/mol. The van der Waals surface area contributed by atoms with Gasteiger partial charge in [0.25, 0.3) is 5.91 Å². The average Bonchev–Trinajstić information content (AvgIpc) is 2.28. The number of allylic oxidation sites excluding steroid dienone is 3. The number of aliphatic imine (C=N–C) groups is 1. The molecule has 17 heavy (non-hydrogen) atoms. The van der Waals surface area contributed by atoms with Crippen LogP contribution in [0.3, 0.4) is 0 Å². The maximum atomic E-state index is 11.3. The highest BCUT2D eigenvalue weighted by Gasteiger charge is 2.23. The van der Waals surface area contributed by atoms with Crippen LogP contribution in [-0.2, 0) is 9.59 Å². The zero-order valence-electron chi connectivity index (χ0n) is 9.24. The Morgan fingerprint density at radius 2 is 2.29 bits per heavy atom. The van der Waals surface area contributed by atoms with E-state index in [9.17, 15) is 9.59 Å². The van der Waals surface area contributed by atoms with E-state index < -0.39 is 5.91 Å². The molecule has 0 bridgehead atoms. The summed E-state index contributed by atoms with van der Waals surface area (Å²) >= 11 is 5.37. The molecule has 0 aromatic carbocycles. The van der Waals surface area contributed by atoms with Crippen molar-refractivity contribution in [1.82, 2.24) is 5.32 Å². The minimum absolute atomic E-state index is 0.0674. The molecular weight excluding hydrogens is 240 g/mol. The van der Waals surface area contributed by atoms with Crippen LogP contribution in [0.1, 0.15) is 6.92 Å². The summed E-state index contributed by atoms with van der Waals surface area (Å²) in [6.07, 6.45) is 6.93. The van der Waals surface area contributed by atoms with Gasteiger partial charge in [-0.25, -0.2) is 4.99 Å². The molecule has 4 nitrogen and oxygen atoms in total. The number of halogens is 1. The van der Waals surface area contributed by atoms with Crippen molar-refractivity contribution in [3.05, 3.63) is 35.6 Å². The van der Waals surface area contributed by atoms with Crippen LogP contribution in [0.2, 0.25) is 0 Å². The summed E-state index contributed by atoms with van der Waals surface area (Å²) < 4.78 is 0. The third kappa shape index (κ3) is 2.53. The highest BCUT2D eigenvalue weighted by atomic mass is 35.5. The molecule has 2 rings (SSSR count). The van der Waals surface area contributed by atoms with Crippen molar-refractivity contribution < 1.29 is 9.59 Å². The summed E-state index contributed by atoms with van der Waals surface area (Å²) in [5.41, 5.74) is 2.23. The molecule has 0 saturated heterocycles. The summed E-state index contributed by atoms with van der Waals surface area (Å²) in [5, 5.41) is 2.74. The van der Waals surface area contributed by atoms with E-state index in [-0.39, 0.29) is 17.7 Å². The van der Waals surface area contributed by atoms with Gasteiger partial charge >= 0.3 is 0 Å². The van der Waals surface area contributed by atoms with Crippen LogP contribution in [0, 0.1) is 5.92 Å². The lowest BCUT2D eigenvalue weighted by Crippen LogP contribution is -2.32. The Hall–Kier alpha value is -1.68. The Labute approximate surface area is 104 Å². The third-order valence-electron chi connectivity index (χ3n) is 2.58. The minimum Gasteiger partial charge on any atom is -0.325 e. The van der Waals surface area contributed by atoms with E-state index in [0.717, 1.165) is 11.3 Å². The number of nitrogens with one attached hydrogen (secondary N) is 1. The van der Waals surface area contributed by atoms with Crippen LogP contribution in [0.4, 0.5) is 0 Å². The number of amides is 2. The number of rotatable bonds is 1. The van der Waals surface area contributed by atoms with Gasteiger partial charge in [-0.05, 0) is 19.1 Å². The predicted octanol–water partition coefficient (Wildman–Crippen LogP) is 1.34. The second-order valence-electron chi connectivity index (χ2n) is 3.88. The Kier molecular flexibility index (Phi) is 3.24. The molecule has 1 N–H and O–H groups in total. The van der Waals surface area contributed by atoms with Crippen molar-refractivity contribution >= 4 is 29.1 Å². The molecule has 88 valence electrons. The monoisotopic (exact) mass is 250 g/mol. The van der Waals surface area contributed by atoms with Crippen molar-refractivity contribution in [3.8, 4) is 0 Å². The first-order valence-corrected chi connectivity index (χ1v) is 5.70. The second-order valence-corrected chi connectivity index (χ2v) is 4.15. The van der Waals surface area contributed by atoms with Gasteiger partial charge in [-0.1, -0.05) is 11.6 Å². The number of fused-ring (bicyclic) bond motifs is 1. The van der Waals surface area contributed by atoms with Crippen LogP contribution in [0.15, 0.2) is 40.6 Å². The maximum absolute atomic E-state index is 11.3. The van der Waals surface area contributed by atoms with Gasteiger partial charge in [0.2, 0.25) is 5.91 Å². The van der Waals surface area contributed by atoms with Gasteiger partial charge in [-0.15, -0.1) is 11.6 Å². The lowest BCUT2D eigenvalue weighted by molar-refractivity contribution is -0.116. The lowest BCUT2D eigenvalue weighted by atomic mass is 9.89. The van der Waals surface area contributed by atoms with Crippen molar-refractivity contribution in [3.63, 3.8) is 0 Å². The summed E-state index contributed by atoms with van der Waals surface area (Å²) in [6.45, 7) is 1.90. The Balaban J connectivity index is 2.30. The Bertz CT molecular complexity index is 501. The van der Waals surface area contributed by atoms with Gasteiger partial charge in [0, 0.05) is 17.7 Å². The first-order chi connectivity index (χ1) is 8.10. The molecule has 0 fully saturated rings. The van der Waals surface area contributed by atoms with Crippen molar-refractivity contribution in [2.75, 3.05) is 5.88 Å². The molecule has 0 saturated carbocycles. The molecule has 0 aromatic rings. The molecule has 1 unspecified atom stereocenters. The molecular formula is C12H11ClN2O2. The van der Waals surface area contributed by atoms with Gasteiger partial charge in [0.15, 0.2) is 0 Å². The fourth-order valence-electron chi connectivity index (χ4n) is 1.82. The van der Waals surface area contributed by atoms with Gasteiger partial charge in [0.05, 0.1) is 5.71 Å². The Morgan fingerprint density at radius 3 is 3.00 bits per heavy atom. The predicted molar refractivity (Wildman–Crippen MR) is 65.8 cm³/mol. The zero-order valence-corrected chi connectivity index (χ0v) is 9.99. The van der Waals surface area contributed by atoms with Gasteiger partial charge in [0.1, 0.15) is 5.88 Å². The van der Waals surface area contributed by atoms with Crippen LogP contribution < -0.4 is 5.32 Å².